The van der Waals surface area contributed by atoms with Crippen LogP contribution in [0.2, 0.25) is 0 Å². The number of likely N-dealkylation sites (tertiary alicyclic amines) is 1. The molecule has 0 atom stereocenters. The number of amides is 2. The van der Waals surface area contributed by atoms with Crippen molar-refractivity contribution in [2.75, 3.05) is 57.7 Å². The summed E-state index contributed by atoms with van der Waals surface area (Å²) < 4.78 is 13.1. The Kier molecular flexibility index (Phi) is 5.99. The molecule has 25 heavy (non-hydrogen) atoms. The average molecular weight is 350 g/mol. The highest BCUT2D eigenvalue weighted by atomic mass is 19.1. The highest BCUT2D eigenvalue weighted by Crippen LogP contribution is 2.08. The number of nitrogens with one attached hydrogen (secondary N) is 3. The summed E-state index contributed by atoms with van der Waals surface area (Å²) in [6.45, 7) is 6.12. The van der Waals surface area contributed by atoms with Gasteiger partial charge in [0.15, 0.2) is 13.1 Å². The van der Waals surface area contributed by atoms with E-state index in [1.165, 1.54) is 29.9 Å². The van der Waals surface area contributed by atoms with E-state index in [-0.39, 0.29) is 17.6 Å². The zero-order chi connectivity index (χ0) is 17.6. The number of rotatable bonds is 5. The van der Waals surface area contributed by atoms with Crippen LogP contribution in [0.1, 0.15) is 12.8 Å². The van der Waals surface area contributed by atoms with E-state index in [4.69, 9.17) is 0 Å². The van der Waals surface area contributed by atoms with Crippen molar-refractivity contribution in [3.05, 3.63) is 30.1 Å². The molecule has 0 aromatic heterocycles. The summed E-state index contributed by atoms with van der Waals surface area (Å²) in [5.41, 5.74) is 0.479. The maximum atomic E-state index is 13.1. The molecule has 1 aromatic rings. The van der Waals surface area contributed by atoms with Crippen LogP contribution in [-0.2, 0) is 9.59 Å². The minimum atomic E-state index is -0.364. The number of benzene rings is 1. The molecule has 0 radical (unpaired) electrons. The highest BCUT2D eigenvalue weighted by Gasteiger charge is 2.28. The van der Waals surface area contributed by atoms with Gasteiger partial charge in [-0.1, -0.05) is 6.07 Å². The standard InChI is InChI=1S/C18H25FN4O2/c19-15-4-3-5-16(12-15)20-17(24)13-22-8-10-23(11-9-22)18(25)14-21-6-1-2-7-21/h3-5,12H,1-2,6-11,13-14H2,(H,20,24)/p+2. The van der Waals surface area contributed by atoms with Gasteiger partial charge in [0.25, 0.3) is 11.8 Å². The summed E-state index contributed by atoms with van der Waals surface area (Å²) in [5, 5.41) is 2.73. The molecule has 2 aliphatic heterocycles. The summed E-state index contributed by atoms with van der Waals surface area (Å²) >= 11 is 0. The van der Waals surface area contributed by atoms with Gasteiger partial charge in [-0.3, -0.25) is 9.59 Å². The first-order chi connectivity index (χ1) is 12.1. The predicted octanol–water partition coefficient (Wildman–Crippen LogP) is -1.83. The first-order valence-corrected chi connectivity index (χ1v) is 9.10. The molecule has 136 valence electrons. The molecule has 3 N–H and O–H groups in total. The summed E-state index contributed by atoms with van der Waals surface area (Å²) in [5.74, 6) is -0.251. The SMILES string of the molecule is O=C(C[NH+]1CCN(C(=O)C[NH+]2CCCC2)CC1)Nc1cccc(F)c1. The van der Waals surface area contributed by atoms with Crippen LogP contribution in [-0.4, -0.2) is 69.1 Å². The van der Waals surface area contributed by atoms with E-state index in [0.717, 1.165) is 31.1 Å². The first kappa shape index (κ1) is 17.8. The van der Waals surface area contributed by atoms with Crippen molar-refractivity contribution in [3.8, 4) is 0 Å². The Morgan fingerprint density at radius 3 is 2.40 bits per heavy atom. The van der Waals surface area contributed by atoms with E-state index in [0.29, 0.717) is 31.9 Å². The van der Waals surface area contributed by atoms with Crippen LogP contribution in [0.4, 0.5) is 10.1 Å². The number of hydrogen-bond donors (Lipinski definition) is 3. The van der Waals surface area contributed by atoms with Gasteiger partial charge in [-0.25, -0.2) is 4.39 Å². The second kappa shape index (κ2) is 8.40. The van der Waals surface area contributed by atoms with Crippen LogP contribution < -0.4 is 15.1 Å². The maximum Gasteiger partial charge on any atom is 0.279 e. The van der Waals surface area contributed by atoms with Gasteiger partial charge < -0.3 is 20.0 Å². The first-order valence-electron chi connectivity index (χ1n) is 9.10. The van der Waals surface area contributed by atoms with Crippen LogP contribution in [0.3, 0.4) is 0 Å². The lowest BCUT2D eigenvalue weighted by Crippen LogP contribution is -3.16. The van der Waals surface area contributed by atoms with Gasteiger partial charge in [0.1, 0.15) is 5.82 Å². The van der Waals surface area contributed by atoms with Gasteiger partial charge in [0.2, 0.25) is 0 Å². The average Bonchev–Trinajstić information content (AvgIpc) is 3.08. The topological polar surface area (TPSA) is 58.3 Å². The zero-order valence-corrected chi connectivity index (χ0v) is 14.5. The third-order valence-corrected chi connectivity index (χ3v) is 5.05. The number of carbonyl (C=O) groups excluding carboxylic acids is 2. The molecule has 2 saturated heterocycles. The van der Waals surface area contributed by atoms with Crippen LogP contribution in [0.25, 0.3) is 0 Å². The van der Waals surface area contributed by atoms with Crippen molar-refractivity contribution in [2.24, 2.45) is 0 Å². The lowest BCUT2D eigenvalue weighted by Gasteiger charge is -2.32. The monoisotopic (exact) mass is 350 g/mol. The molecule has 0 spiro atoms. The van der Waals surface area contributed by atoms with Gasteiger partial charge in [0, 0.05) is 18.5 Å². The fourth-order valence-electron chi connectivity index (χ4n) is 3.63. The Balaban J connectivity index is 1.39. The molecular weight excluding hydrogens is 323 g/mol. The normalized spacial score (nSPS) is 19.2. The quantitative estimate of drug-likeness (QED) is 0.585. The van der Waals surface area contributed by atoms with Crippen molar-refractivity contribution < 1.29 is 23.8 Å². The van der Waals surface area contributed by atoms with Gasteiger partial charge >= 0.3 is 0 Å². The molecule has 2 aliphatic rings. The molecular formula is C18H27FN4O2+2. The molecule has 2 heterocycles. The lowest BCUT2D eigenvalue weighted by atomic mass is 10.3. The number of piperazine rings is 1. The van der Waals surface area contributed by atoms with Crippen LogP contribution in [0.15, 0.2) is 24.3 Å². The summed E-state index contributed by atoms with van der Waals surface area (Å²) in [6, 6.07) is 5.91. The van der Waals surface area contributed by atoms with Crippen LogP contribution >= 0.6 is 0 Å². The summed E-state index contributed by atoms with van der Waals surface area (Å²) in [4.78, 5) is 28.9. The number of anilines is 1. The van der Waals surface area contributed by atoms with Gasteiger partial charge in [-0.2, -0.15) is 0 Å². The Morgan fingerprint density at radius 2 is 1.72 bits per heavy atom. The predicted molar refractivity (Wildman–Crippen MR) is 92.0 cm³/mol. The van der Waals surface area contributed by atoms with Crippen molar-refractivity contribution in [1.82, 2.24) is 4.90 Å². The third kappa shape index (κ3) is 5.24. The molecule has 3 rings (SSSR count). The van der Waals surface area contributed by atoms with Crippen LogP contribution in [0, 0.1) is 5.82 Å². The largest absolute Gasteiger partial charge is 0.327 e. The van der Waals surface area contributed by atoms with Crippen molar-refractivity contribution in [1.29, 1.82) is 0 Å². The fourth-order valence-corrected chi connectivity index (χ4v) is 3.63. The Labute approximate surface area is 147 Å². The minimum Gasteiger partial charge on any atom is -0.327 e. The molecule has 0 bridgehead atoms. The van der Waals surface area contributed by atoms with Crippen molar-refractivity contribution in [2.45, 2.75) is 12.8 Å². The smallest absolute Gasteiger partial charge is 0.279 e. The molecule has 1 aromatic carbocycles. The summed E-state index contributed by atoms with van der Waals surface area (Å²) in [7, 11) is 0. The van der Waals surface area contributed by atoms with E-state index >= 15 is 0 Å². The fraction of sp³-hybridized carbons (Fsp3) is 0.556. The van der Waals surface area contributed by atoms with E-state index < -0.39 is 0 Å². The number of hydrogen-bond acceptors (Lipinski definition) is 2. The van der Waals surface area contributed by atoms with Crippen LogP contribution in [0.5, 0.6) is 0 Å². The molecule has 2 fully saturated rings. The molecule has 6 nitrogen and oxygen atoms in total. The van der Waals surface area contributed by atoms with Crippen molar-refractivity contribution >= 4 is 17.5 Å². The lowest BCUT2D eigenvalue weighted by molar-refractivity contribution is -0.896. The van der Waals surface area contributed by atoms with Gasteiger partial charge in [0.05, 0.1) is 39.3 Å². The number of halogens is 1. The Bertz CT molecular complexity index is 611. The second-order valence-electron chi connectivity index (χ2n) is 7.00. The maximum absolute atomic E-state index is 13.1. The highest BCUT2D eigenvalue weighted by molar-refractivity contribution is 5.91. The molecule has 7 heteroatoms. The minimum absolute atomic E-state index is 0.123. The van der Waals surface area contributed by atoms with Crippen molar-refractivity contribution in [3.63, 3.8) is 0 Å². The summed E-state index contributed by atoms with van der Waals surface area (Å²) in [6.07, 6.45) is 2.45. The van der Waals surface area contributed by atoms with E-state index in [2.05, 4.69) is 5.32 Å². The molecule has 2 amide bonds. The number of carbonyl (C=O) groups is 2. The van der Waals surface area contributed by atoms with E-state index in [9.17, 15) is 14.0 Å². The van der Waals surface area contributed by atoms with E-state index in [1.54, 1.807) is 12.1 Å². The second-order valence-corrected chi connectivity index (χ2v) is 7.00. The Hall–Kier alpha value is -1.99. The molecule has 0 aliphatic carbocycles. The number of nitrogens with zero attached hydrogens (tertiary/aromatic N) is 1. The van der Waals surface area contributed by atoms with Gasteiger partial charge in [-0.05, 0) is 18.2 Å². The van der Waals surface area contributed by atoms with Gasteiger partial charge in [-0.15, -0.1) is 0 Å². The molecule has 0 unspecified atom stereocenters. The zero-order valence-electron chi connectivity index (χ0n) is 14.5. The third-order valence-electron chi connectivity index (χ3n) is 5.05. The van der Waals surface area contributed by atoms with E-state index in [1.807, 2.05) is 4.90 Å². The Morgan fingerprint density at radius 1 is 1.04 bits per heavy atom. The molecule has 0 saturated carbocycles. The number of quaternary nitrogens is 2.